The highest BCUT2D eigenvalue weighted by Gasteiger charge is 2.26. The van der Waals surface area contributed by atoms with Crippen molar-refractivity contribution in [3.05, 3.63) is 64.7 Å². The molecule has 2 atom stereocenters. The van der Waals surface area contributed by atoms with Crippen molar-refractivity contribution >= 4 is 5.91 Å². The Bertz CT molecular complexity index is 1080. The molecule has 1 fully saturated rings. The summed E-state index contributed by atoms with van der Waals surface area (Å²) >= 11 is 0. The Morgan fingerprint density at radius 1 is 1.32 bits per heavy atom. The Kier molecular flexibility index (Phi) is 6.11. The van der Waals surface area contributed by atoms with E-state index in [1.54, 1.807) is 4.68 Å². The van der Waals surface area contributed by atoms with Gasteiger partial charge < -0.3 is 15.2 Å². The van der Waals surface area contributed by atoms with Gasteiger partial charge in [0, 0.05) is 31.7 Å². The molecule has 1 aliphatic rings. The summed E-state index contributed by atoms with van der Waals surface area (Å²) in [5, 5.41) is 17.5. The minimum atomic E-state index is -0.725. The van der Waals surface area contributed by atoms with Crippen LogP contribution in [0.25, 0.3) is 11.4 Å². The molecular weight excluding hydrogens is 394 g/mol. The lowest BCUT2D eigenvalue weighted by Crippen LogP contribution is -2.48. The van der Waals surface area contributed by atoms with Gasteiger partial charge in [-0.3, -0.25) is 14.5 Å². The van der Waals surface area contributed by atoms with Crippen LogP contribution in [0.3, 0.4) is 0 Å². The highest BCUT2D eigenvalue weighted by molar-refractivity contribution is 5.93. The zero-order valence-corrected chi connectivity index (χ0v) is 18.0. The van der Waals surface area contributed by atoms with Crippen LogP contribution in [0.1, 0.15) is 39.3 Å². The van der Waals surface area contributed by atoms with Gasteiger partial charge in [0.15, 0.2) is 0 Å². The number of carbonyl (C=O) groups excluding carboxylic acids is 1. The Labute approximate surface area is 181 Å². The first kappa shape index (κ1) is 21.1. The van der Waals surface area contributed by atoms with E-state index in [-0.39, 0.29) is 18.6 Å². The van der Waals surface area contributed by atoms with Crippen molar-refractivity contribution in [3.8, 4) is 11.4 Å². The summed E-state index contributed by atoms with van der Waals surface area (Å²) in [4.78, 5) is 22.1. The monoisotopic (exact) mass is 421 g/mol. The van der Waals surface area contributed by atoms with E-state index in [1.165, 1.54) is 0 Å². The van der Waals surface area contributed by atoms with E-state index in [4.69, 9.17) is 4.74 Å². The van der Waals surface area contributed by atoms with Crippen LogP contribution in [-0.2, 0) is 18.2 Å². The smallest absolute Gasteiger partial charge is 0.270 e. The van der Waals surface area contributed by atoms with Crippen molar-refractivity contribution in [1.82, 2.24) is 25.1 Å². The average Bonchev–Trinajstić information content (AvgIpc) is 3.18. The molecule has 4 heterocycles. The number of aliphatic hydroxyl groups excluding tert-OH is 1. The average molecular weight is 422 g/mol. The molecule has 162 valence electrons. The van der Waals surface area contributed by atoms with Crippen LogP contribution < -0.4 is 5.32 Å². The third kappa shape index (κ3) is 4.81. The van der Waals surface area contributed by atoms with Crippen LogP contribution in [-0.4, -0.2) is 56.1 Å². The van der Waals surface area contributed by atoms with Gasteiger partial charge in [0.1, 0.15) is 11.4 Å². The molecule has 1 aliphatic heterocycles. The van der Waals surface area contributed by atoms with Crippen LogP contribution in [0.15, 0.2) is 36.7 Å². The molecule has 8 heteroatoms. The standard InChI is InChI=1S/C23H27N5O3/c1-14-4-5-16(12-24-14)10-17-11-20(23(30)26-18-7-9-31-13-21(18)29)25-22(15(17)2)19-6-8-28(3)27-19/h4-6,8,11-12,18,21,29H,7,9-10,13H2,1-3H3,(H,26,30)/t18-,21-/m0/s1. The third-order valence-corrected chi connectivity index (χ3v) is 5.58. The summed E-state index contributed by atoms with van der Waals surface area (Å²) in [5.74, 6) is -0.314. The second-order valence-corrected chi connectivity index (χ2v) is 8.01. The van der Waals surface area contributed by atoms with Crippen molar-refractivity contribution in [2.75, 3.05) is 13.2 Å². The number of rotatable bonds is 5. The Morgan fingerprint density at radius 3 is 2.84 bits per heavy atom. The normalized spacial score (nSPS) is 18.7. The minimum absolute atomic E-state index is 0.219. The maximum Gasteiger partial charge on any atom is 0.270 e. The molecule has 4 rings (SSSR count). The molecule has 1 saturated heterocycles. The van der Waals surface area contributed by atoms with Crippen molar-refractivity contribution < 1.29 is 14.6 Å². The predicted octanol–water partition coefficient (Wildman–Crippen LogP) is 1.96. The first-order chi connectivity index (χ1) is 14.9. The van der Waals surface area contributed by atoms with Gasteiger partial charge >= 0.3 is 0 Å². The summed E-state index contributed by atoms with van der Waals surface area (Å²) in [6, 6.07) is 7.37. The molecule has 0 bridgehead atoms. The molecule has 0 radical (unpaired) electrons. The number of pyridine rings is 2. The van der Waals surface area contributed by atoms with E-state index in [0.29, 0.717) is 36.5 Å². The number of aryl methyl sites for hydroxylation is 2. The van der Waals surface area contributed by atoms with Gasteiger partial charge in [-0.2, -0.15) is 5.10 Å². The fourth-order valence-electron chi connectivity index (χ4n) is 3.71. The van der Waals surface area contributed by atoms with Crippen LogP contribution in [0.5, 0.6) is 0 Å². The molecule has 0 aromatic carbocycles. The number of nitrogens with one attached hydrogen (secondary N) is 1. The van der Waals surface area contributed by atoms with E-state index in [0.717, 1.165) is 22.4 Å². The first-order valence-electron chi connectivity index (χ1n) is 10.4. The summed E-state index contributed by atoms with van der Waals surface area (Å²) < 4.78 is 6.97. The van der Waals surface area contributed by atoms with Gasteiger partial charge in [-0.05, 0) is 61.6 Å². The topological polar surface area (TPSA) is 102 Å². The first-order valence-corrected chi connectivity index (χ1v) is 10.4. The Morgan fingerprint density at radius 2 is 2.16 bits per heavy atom. The third-order valence-electron chi connectivity index (χ3n) is 5.58. The van der Waals surface area contributed by atoms with Gasteiger partial charge in [0.25, 0.3) is 5.91 Å². The summed E-state index contributed by atoms with van der Waals surface area (Å²) in [5.41, 5.74) is 5.67. The predicted molar refractivity (Wildman–Crippen MR) is 116 cm³/mol. The quantitative estimate of drug-likeness (QED) is 0.653. The molecule has 1 amide bonds. The lowest BCUT2D eigenvalue weighted by Gasteiger charge is -2.28. The van der Waals surface area contributed by atoms with Crippen molar-refractivity contribution in [2.24, 2.45) is 7.05 Å². The van der Waals surface area contributed by atoms with E-state index in [9.17, 15) is 9.90 Å². The van der Waals surface area contributed by atoms with Gasteiger partial charge in [0.2, 0.25) is 0 Å². The van der Waals surface area contributed by atoms with Crippen LogP contribution in [0.2, 0.25) is 0 Å². The molecule has 31 heavy (non-hydrogen) atoms. The van der Waals surface area contributed by atoms with Crippen LogP contribution in [0.4, 0.5) is 0 Å². The van der Waals surface area contributed by atoms with Crippen molar-refractivity contribution in [2.45, 2.75) is 38.8 Å². The number of ether oxygens (including phenoxy) is 1. The molecule has 8 nitrogen and oxygen atoms in total. The SMILES string of the molecule is Cc1ccc(Cc2cc(C(=O)N[C@H]3CCOC[C@@H]3O)nc(-c3ccn(C)n3)c2C)cn1. The number of nitrogens with zero attached hydrogens (tertiary/aromatic N) is 4. The summed E-state index contributed by atoms with van der Waals surface area (Å²) in [6.45, 7) is 4.68. The number of aromatic nitrogens is 4. The maximum atomic E-state index is 13.0. The Balaban J connectivity index is 1.70. The van der Waals surface area contributed by atoms with Crippen LogP contribution in [0, 0.1) is 13.8 Å². The maximum absolute atomic E-state index is 13.0. The van der Waals surface area contributed by atoms with Gasteiger partial charge in [-0.25, -0.2) is 4.98 Å². The van der Waals surface area contributed by atoms with E-state index in [1.807, 2.05) is 57.6 Å². The second kappa shape index (κ2) is 8.95. The fraction of sp³-hybridized carbons (Fsp3) is 0.391. The summed E-state index contributed by atoms with van der Waals surface area (Å²) in [6.07, 6.45) is 4.17. The molecule has 0 aliphatic carbocycles. The second-order valence-electron chi connectivity index (χ2n) is 8.01. The number of hydrogen-bond donors (Lipinski definition) is 2. The molecule has 3 aromatic rings. The van der Waals surface area contributed by atoms with Gasteiger partial charge in [-0.15, -0.1) is 0 Å². The molecule has 0 saturated carbocycles. The highest BCUT2D eigenvalue weighted by Crippen LogP contribution is 2.25. The molecule has 0 spiro atoms. The molecule has 3 aromatic heterocycles. The highest BCUT2D eigenvalue weighted by atomic mass is 16.5. The zero-order valence-electron chi connectivity index (χ0n) is 18.0. The Hall–Kier alpha value is -3.10. The van der Waals surface area contributed by atoms with E-state index in [2.05, 4.69) is 20.4 Å². The molecule has 2 N–H and O–H groups in total. The number of amides is 1. The van der Waals surface area contributed by atoms with Crippen molar-refractivity contribution in [1.29, 1.82) is 0 Å². The lowest BCUT2D eigenvalue weighted by molar-refractivity contribution is -0.0261. The fourth-order valence-corrected chi connectivity index (χ4v) is 3.71. The van der Waals surface area contributed by atoms with Crippen LogP contribution >= 0.6 is 0 Å². The van der Waals surface area contributed by atoms with E-state index < -0.39 is 6.10 Å². The number of aliphatic hydroxyl groups is 1. The number of carbonyl (C=O) groups is 1. The molecular formula is C23H27N5O3. The zero-order chi connectivity index (χ0) is 22.0. The van der Waals surface area contributed by atoms with Gasteiger partial charge in [-0.1, -0.05) is 6.07 Å². The largest absolute Gasteiger partial charge is 0.389 e. The minimum Gasteiger partial charge on any atom is -0.389 e. The van der Waals surface area contributed by atoms with Crippen molar-refractivity contribution in [3.63, 3.8) is 0 Å². The molecule has 0 unspecified atom stereocenters. The summed E-state index contributed by atoms with van der Waals surface area (Å²) in [7, 11) is 1.85. The lowest BCUT2D eigenvalue weighted by atomic mass is 9.98. The van der Waals surface area contributed by atoms with Gasteiger partial charge in [0.05, 0.1) is 24.4 Å². The number of hydrogen-bond acceptors (Lipinski definition) is 6. The van der Waals surface area contributed by atoms with E-state index >= 15 is 0 Å².